The molecular formula is C25H23BrN6O2. The van der Waals surface area contributed by atoms with Crippen LogP contribution in [0.2, 0.25) is 0 Å². The van der Waals surface area contributed by atoms with E-state index in [9.17, 15) is 9.59 Å². The maximum atomic E-state index is 13.4. The topological polar surface area (TPSA) is 101 Å². The number of fused-ring (bicyclic) bond motifs is 1. The summed E-state index contributed by atoms with van der Waals surface area (Å²) in [5.41, 5.74) is 3.77. The summed E-state index contributed by atoms with van der Waals surface area (Å²) in [6, 6.07) is 13.7. The monoisotopic (exact) mass is 518 g/mol. The molecule has 0 radical (unpaired) electrons. The molecule has 9 heteroatoms. The van der Waals surface area contributed by atoms with Crippen LogP contribution in [0.5, 0.6) is 0 Å². The molecule has 2 aliphatic rings. The van der Waals surface area contributed by atoms with Gasteiger partial charge in [0.15, 0.2) is 0 Å². The van der Waals surface area contributed by atoms with Gasteiger partial charge in [-0.2, -0.15) is 0 Å². The summed E-state index contributed by atoms with van der Waals surface area (Å²) in [4.78, 5) is 26.5. The van der Waals surface area contributed by atoms with Crippen molar-refractivity contribution in [1.29, 1.82) is 0 Å². The molecule has 2 aromatic carbocycles. The Hall–Kier alpha value is -3.72. The minimum Gasteiger partial charge on any atom is -0.372 e. The van der Waals surface area contributed by atoms with Crippen molar-refractivity contribution in [3.05, 3.63) is 82.7 Å². The van der Waals surface area contributed by atoms with Gasteiger partial charge in [0.2, 0.25) is 5.91 Å². The molecule has 2 amide bonds. The lowest BCUT2D eigenvalue weighted by molar-refractivity contribution is -0.125. The molecule has 3 heterocycles. The Morgan fingerprint density at radius 2 is 2.09 bits per heavy atom. The maximum Gasteiger partial charge on any atom is 0.256 e. The molecule has 3 aromatic rings. The van der Waals surface area contributed by atoms with Crippen LogP contribution in [-0.4, -0.2) is 38.9 Å². The van der Waals surface area contributed by atoms with E-state index < -0.39 is 5.54 Å². The van der Waals surface area contributed by atoms with Gasteiger partial charge in [0, 0.05) is 46.2 Å². The second kappa shape index (κ2) is 8.90. The van der Waals surface area contributed by atoms with E-state index in [-0.39, 0.29) is 11.8 Å². The zero-order valence-corrected chi connectivity index (χ0v) is 20.1. The Morgan fingerprint density at radius 3 is 2.79 bits per heavy atom. The third kappa shape index (κ3) is 4.14. The number of allylic oxidation sites excluding steroid dienone is 1. The number of rotatable bonds is 6. The molecule has 0 saturated carbocycles. The van der Waals surface area contributed by atoms with Gasteiger partial charge in [-0.05, 0) is 42.3 Å². The molecule has 2 aliphatic heterocycles. The Balaban J connectivity index is 1.50. The molecule has 0 spiro atoms. The lowest BCUT2D eigenvalue weighted by Gasteiger charge is -2.27. The molecule has 1 atom stereocenters. The number of nitrogens with one attached hydrogen (secondary N) is 3. The first kappa shape index (κ1) is 22.1. The predicted octanol–water partition coefficient (Wildman–Crippen LogP) is 3.50. The molecule has 5 rings (SSSR count). The van der Waals surface area contributed by atoms with Crippen LogP contribution < -0.4 is 16.0 Å². The second-order valence-corrected chi connectivity index (χ2v) is 9.27. The quantitative estimate of drug-likeness (QED) is 0.433. The summed E-state index contributed by atoms with van der Waals surface area (Å²) in [5.74, 6) is -0.420. The Kier molecular flexibility index (Phi) is 5.79. The Morgan fingerprint density at radius 1 is 1.26 bits per heavy atom. The summed E-state index contributed by atoms with van der Waals surface area (Å²) in [6.45, 7) is 2.81. The summed E-state index contributed by atoms with van der Waals surface area (Å²) in [5, 5.41) is 17.0. The fraction of sp³-hybridized carbons (Fsp3) is 0.200. The number of halogens is 1. The van der Waals surface area contributed by atoms with Crippen LogP contribution in [0.1, 0.15) is 18.9 Å². The predicted molar refractivity (Wildman–Crippen MR) is 133 cm³/mol. The van der Waals surface area contributed by atoms with Crippen molar-refractivity contribution in [3.63, 3.8) is 0 Å². The molecule has 3 N–H and O–H groups in total. The van der Waals surface area contributed by atoms with Crippen molar-refractivity contribution < 1.29 is 9.59 Å². The number of anilines is 1. The molecule has 0 aliphatic carbocycles. The molecule has 8 nitrogen and oxygen atoms in total. The van der Waals surface area contributed by atoms with Crippen LogP contribution in [0.4, 0.5) is 5.69 Å². The van der Waals surface area contributed by atoms with Crippen molar-refractivity contribution in [2.45, 2.75) is 25.4 Å². The molecule has 1 aromatic heterocycles. The normalized spacial score (nSPS) is 20.0. The van der Waals surface area contributed by atoms with Crippen molar-refractivity contribution >= 4 is 39.0 Å². The number of amides is 2. The van der Waals surface area contributed by atoms with E-state index in [4.69, 9.17) is 0 Å². The van der Waals surface area contributed by atoms with Gasteiger partial charge in [-0.25, -0.2) is 0 Å². The van der Waals surface area contributed by atoms with E-state index >= 15 is 0 Å². The average Bonchev–Trinajstić information content (AvgIpc) is 3.55. The van der Waals surface area contributed by atoms with Gasteiger partial charge in [0.25, 0.3) is 5.91 Å². The first-order chi connectivity index (χ1) is 16.4. The molecular weight excluding hydrogens is 496 g/mol. The van der Waals surface area contributed by atoms with Gasteiger partial charge >= 0.3 is 0 Å². The number of aromatic nitrogens is 3. The van der Waals surface area contributed by atoms with Crippen molar-refractivity contribution in [2.75, 3.05) is 11.9 Å². The number of hydrogen-bond acceptors (Lipinski definition) is 5. The summed E-state index contributed by atoms with van der Waals surface area (Å²) >= 11 is 3.48. The molecule has 1 unspecified atom stereocenters. The van der Waals surface area contributed by atoms with Gasteiger partial charge < -0.3 is 16.0 Å². The van der Waals surface area contributed by atoms with E-state index in [1.54, 1.807) is 23.2 Å². The van der Waals surface area contributed by atoms with Crippen molar-refractivity contribution in [2.24, 2.45) is 0 Å². The standard InChI is InChI=1S/C25H23BrN6O2/c1-16-9-10-25(30-16,24(34)27-11-13-32-14-12-28-31-32)15-20-22-19(17-5-7-18(26)8-6-17)3-2-4-21(22)29-23(20)33/h2-9,12,14-15,30H,10-11,13H2,1H3,(H,27,34)(H,29,33). The van der Waals surface area contributed by atoms with Crippen LogP contribution in [-0.2, 0) is 16.1 Å². The van der Waals surface area contributed by atoms with Crippen LogP contribution in [0.3, 0.4) is 0 Å². The van der Waals surface area contributed by atoms with Gasteiger partial charge in [0.1, 0.15) is 5.54 Å². The van der Waals surface area contributed by atoms with E-state index in [2.05, 4.69) is 42.2 Å². The SMILES string of the molecule is CC1=CCC(C=C2C(=O)Nc3cccc(-c4ccc(Br)cc4)c32)(C(=O)NCCn2ccnn2)N1. The third-order valence-corrected chi connectivity index (χ3v) is 6.56. The molecule has 0 saturated heterocycles. The summed E-state index contributed by atoms with van der Waals surface area (Å²) < 4.78 is 2.63. The van der Waals surface area contributed by atoms with E-state index in [1.807, 2.05) is 55.5 Å². The number of hydrogen-bond donors (Lipinski definition) is 3. The number of nitrogens with zero attached hydrogens (tertiary/aromatic N) is 3. The van der Waals surface area contributed by atoms with Crippen LogP contribution in [0.15, 0.2) is 77.2 Å². The molecule has 0 fully saturated rings. The molecule has 0 bridgehead atoms. The third-order valence-electron chi connectivity index (χ3n) is 6.03. The van der Waals surface area contributed by atoms with E-state index in [0.29, 0.717) is 25.1 Å². The van der Waals surface area contributed by atoms with Crippen LogP contribution in [0, 0.1) is 0 Å². The van der Waals surface area contributed by atoms with E-state index in [1.165, 1.54) is 0 Å². The highest BCUT2D eigenvalue weighted by atomic mass is 79.9. The summed E-state index contributed by atoms with van der Waals surface area (Å²) in [7, 11) is 0. The first-order valence-electron chi connectivity index (χ1n) is 11.0. The zero-order chi connectivity index (χ0) is 23.7. The fourth-order valence-electron chi connectivity index (χ4n) is 4.38. The number of benzene rings is 2. The highest BCUT2D eigenvalue weighted by Crippen LogP contribution is 2.41. The number of carbonyl (C=O) groups excluding carboxylic acids is 2. The zero-order valence-electron chi connectivity index (χ0n) is 18.5. The van der Waals surface area contributed by atoms with Crippen molar-refractivity contribution in [3.8, 4) is 11.1 Å². The van der Waals surface area contributed by atoms with E-state index in [0.717, 1.165) is 32.5 Å². The Labute approximate surface area is 205 Å². The average molecular weight is 519 g/mol. The van der Waals surface area contributed by atoms with Crippen molar-refractivity contribution in [1.82, 2.24) is 25.6 Å². The lowest BCUT2D eigenvalue weighted by Crippen LogP contribution is -2.53. The molecule has 172 valence electrons. The minimum absolute atomic E-state index is 0.199. The van der Waals surface area contributed by atoms with Crippen LogP contribution in [0.25, 0.3) is 16.7 Å². The molecule has 34 heavy (non-hydrogen) atoms. The first-order valence-corrected chi connectivity index (χ1v) is 11.8. The Bertz CT molecular complexity index is 1310. The lowest BCUT2D eigenvalue weighted by atomic mass is 9.88. The minimum atomic E-state index is -1.06. The number of carbonyl (C=O) groups is 2. The fourth-order valence-corrected chi connectivity index (χ4v) is 4.64. The highest BCUT2D eigenvalue weighted by Gasteiger charge is 2.41. The summed E-state index contributed by atoms with van der Waals surface area (Å²) in [6.07, 6.45) is 7.53. The van der Waals surface area contributed by atoms with Gasteiger partial charge in [0.05, 0.1) is 12.7 Å². The van der Waals surface area contributed by atoms with Crippen LogP contribution >= 0.6 is 15.9 Å². The largest absolute Gasteiger partial charge is 0.372 e. The van der Waals surface area contributed by atoms with Gasteiger partial charge in [-0.1, -0.05) is 51.5 Å². The maximum absolute atomic E-state index is 13.4. The smallest absolute Gasteiger partial charge is 0.256 e. The van der Waals surface area contributed by atoms with Gasteiger partial charge in [-0.15, -0.1) is 5.10 Å². The highest BCUT2D eigenvalue weighted by molar-refractivity contribution is 9.10. The second-order valence-electron chi connectivity index (χ2n) is 8.36. The van der Waals surface area contributed by atoms with Gasteiger partial charge in [-0.3, -0.25) is 14.3 Å².